The van der Waals surface area contributed by atoms with Crippen LogP contribution in [-0.2, 0) is 4.79 Å². The van der Waals surface area contributed by atoms with Gasteiger partial charge in [0.05, 0.1) is 11.3 Å². The first-order chi connectivity index (χ1) is 11.1. The maximum absolute atomic E-state index is 12.1. The summed E-state index contributed by atoms with van der Waals surface area (Å²) in [5.74, 6) is 1.49. The van der Waals surface area contributed by atoms with E-state index >= 15 is 0 Å². The lowest BCUT2D eigenvalue weighted by Crippen LogP contribution is -2.12. The molecule has 5 nitrogen and oxygen atoms in total. The molecule has 0 saturated heterocycles. The van der Waals surface area contributed by atoms with Gasteiger partial charge < -0.3 is 5.32 Å². The number of carbonyl (C=O) groups is 1. The van der Waals surface area contributed by atoms with Gasteiger partial charge in [0.2, 0.25) is 5.91 Å². The van der Waals surface area contributed by atoms with Crippen LogP contribution in [0.2, 0.25) is 0 Å². The monoisotopic (exact) mass is 324 g/mol. The molecule has 23 heavy (non-hydrogen) atoms. The number of nitrogens with one attached hydrogen (secondary N) is 1. The average molecular weight is 324 g/mol. The van der Waals surface area contributed by atoms with Crippen LogP contribution in [0.25, 0.3) is 22.6 Å². The van der Waals surface area contributed by atoms with Crippen LogP contribution in [0.3, 0.4) is 0 Å². The number of fused-ring (bicyclic) bond motifs is 3. The first-order valence-electron chi connectivity index (χ1n) is 7.44. The Bertz CT molecular complexity index is 887. The molecule has 0 aromatic heterocycles. The van der Waals surface area contributed by atoms with E-state index in [0.717, 1.165) is 33.4 Å². The second-order valence-electron chi connectivity index (χ2n) is 5.63. The molecule has 0 fully saturated rings. The van der Waals surface area contributed by atoms with Gasteiger partial charge in [-0.1, -0.05) is 42.1 Å². The van der Waals surface area contributed by atoms with Crippen molar-refractivity contribution in [2.45, 2.75) is 25.0 Å². The minimum Gasteiger partial charge on any atom is -0.310 e. The van der Waals surface area contributed by atoms with Crippen LogP contribution in [0.4, 0.5) is 5.82 Å². The minimum atomic E-state index is -0.251. The highest BCUT2D eigenvalue weighted by Crippen LogP contribution is 2.43. The molecule has 1 amide bonds. The van der Waals surface area contributed by atoms with Gasteiger partial charge in [0.15, 0.2) is 11.0 Å². The van der Waals surface area contributed by atoms with Gasteiger partial charge >= 0.3 is 0 Å². The van der Waals surface area contributed by atoms with E-state index in [1.54, 1.807) is 0 Å². The predicted octanol–water partition coefficient (Wildman–Crippen LogP) is 3.59. The van der Waals surface area contributed by atoms with E-state index in [9.17, 15) is 4.79 Å². The Labute approximate surface area is 138 Å². The lowest BCUT2D eigenvalue weighted by molar-refractivity contribution is -0.117. The number of benzene rings is 1. The summed E-state index contributed by atoms with van der Waals surface area (Å²) in [6, 6.07) is 9.81. The van der Waals surface area contributed by atoms with Gasteiger partial charge in [-0.15, -0.1) is 0 Å². The molecule has 0 bridgehead atoms. The normalized spacial score (nSPS) is 16.7. The molecule has 0 spiro atoms. The number of hydrogen-bond acceptors (Lipinski definition) is 4. The topological polar surface area (TPSA) is 59.8 Å². The smallest absolute Gasteiger partial charge is 0.248 e. The lowest BCUT2D eigenvalue weighted by Gasteiger charge is -2.14. The quantitative estimate of drug-likeness (QED) is 0.578. The molecule has 1 unspecified atom stereocenters. The van der Waals surface area contributed by atoms with Crippen molar-refractivity contribution in [2.75, 3.05) is 11.6 Å². The molecule has 6 heteroatoms. The zero-order valence-electron chi connectivity index (χ0n) is 13.1. The number of thioether (sulfide) groups is 1. The summed E-state index contributed by atoms with van der Waals surface area (Å²) in [5, 5.41) is 3.80. The zero-order chi connectivity index (χ0) is 16.1. The van der Waals surface area contributed by atoms with Crippen LogP contribution in [0.5, 0.6) is 0 Å². The number of amides is 1. The van der Waals surface area contributed by atoms with E-state index in [2.05, 4.69) is 10.3 Å². The number of nitrogens with zero attached hydrogens (tertiary/aromatic N) is 3. The fraction of sp³-hybridized carbons (Fsp3) is 0.235. The Balaban J connectivity index is 2.03. The van der Waals surface area contributed by atoms with Gasteiger partial charge in [0, 0.05) is 5.56 Å². The molecule has 1 N–H and O–H groups in total. The number of carbonyl (C=O) groups excluding carboxylic acids is 1. The van der Waals surface area contributed by atoms with Gasteiger partial charge in [-0.25, -0.2) is 9.97 Å². The van der Waals surface area contributed by atoms with Crippen LogP contribution in [-0.4, -0.2) is 26.7 Å². The van der Waals surface area contributed by atoms with Crippen LogP contribution in [0.15, 0.2) is 35.5 Å². The summed E-state index contributed by atoms with van der Waals surface area (Å²) in [4.78, 5) is 21.6. The largest absolute Gasteiger partial charge is 0.310 e. The molecule has 3 heterocycles. The second-order valence-corrected chi connectivity index (χ2v) is 6.41. The molecule has 1 aromatic rings. The van der Waals surface area contributed by atoms with Gasteiger partial charge in [-0.3, -0.25) is 9.36 Å². The average Bonchev–Trinajstić information content (AvgIpc) is 3.05. The van der Waals surface area contributed by atoms with E-state index in [1.165, 1.54) is 11.8 Å². The molecule has 3 aliphatic rings. The fourth-order valence-electron chi connectivity index (χ4n) is 3.10. The summed E-state index contributed by atoms with van der Waals surface area (Å²) in [6.45, 7) is 3.93. The van der Waals surface area contributed by atoms with E-state index in [-0.39, 0.29) is 11.9 Å². The molecular weight excluding hydrogens is 308 g/mol. The van der Waals surface area contributed by atoms with Crippen molar-refractivity contribution >= 4 is 23.5 Å². The van der Waals surface area contributed by atoms with Crippen molar-refractivity contribution in [3.63, 3.8) is 0 Å². The van der Waals surface area contributed by atoms with E-state index in [0.29, 0.717) is 5.82 Å². The van der Waals surface area contributed by atoms with E-state index < -0.39 is 0 Å². The second kappa shape index (κ2) is 5.09. The molecule has 0 saturated carbocycles. The van der Waals surface area contributed by atoms with E-state index in [1.807, 2.05) is 55.0 Å². The fourth-order valence-corrected chi connectivity index (χ4v) is 3.72. The van der Waals surface area contributed by atoms with Crippen molar-refractivity contribution < 1.29 is 4.79 Å². The Kier molecular flexibility index (Phi) is 3.16. The van der Waals surface area contributed by atoms with Crippen molar-refractivity contribution in [3.8, 4) is 22.6 Å². The third-order valence-electron chi connectivity index (χ3n) is 4.29. The number of anilines is 1. The Hall–Kier alpha value is -2.34. The first-order valence-corrected chi connectivity index (χ1v) is 8.67. The standard InChI is InChI=1S/C17H16N4OS/c1-9-12-14(18-13(9)11-7-5-4-6-8-11)19-17(23-3)21-10(2)16(22)20-15(12)21/h4-8,10H,1-3H3,(H,20,22). The van der Waals surface area contributed by atoms with Crippen molar-refractivity contribution in [3.05, 3.63) is 35.9 Å². The van der Waals surface area contributed by atoms with Crippen molar-refractivity contribution in [2.24, 2.45) is 0 Å². The third-order valence-corrected chi connectivity index (χ3v) is 4.95. The molecule has 116 valence electrons. The van der Waals surface area contributed by atoms with Crippen molar-refractivity contribution in [1.29, 1.82) is 0 Å². The zero-order valence-corrected chi connectivity index (χ0v) is 13.9. The maximum Gasteiger partial charge on any atom is 0.248 e. The summed E-state index contributed by atoms with van der Waals surface area (Å²) < 4.78 is 1.97. The van der Waals surface area contributed by atoms with Crippen LogP contribution < -0.4 is 5.32 Å². The molecule has 0 radical (unpaired) electrons. The van der Waals surface area contributed by atoms with Crippen LogP contribution in [0, 0.1) is 6.92 Å². The summed E-state index contributed by atoms with van der Waals surface area (Å²) in [6.07, 6.45) is 1.96. The lowest BCUT2D eigenvalue weighted by atomic mass is 10.1. The molecule has 0 aliphatic carbocycles. The van der Waals surface area contributed by atoms with Gasteiger partial charge in [0.25, 0.3) is 0 Å². The SMILES string of the molecule is CSc1nc2nc(-c3ccccc3)c(C)c-2c2n1C(C)C(=O)N2. The number of rotatable bonds is 2. The maximum atomic E-state index is 12.1. The Morgan fingerprint density at radius 3 is 2.65 bits per heavy atom. The summed E-state index contributed by atoms with van der Waals surface area (Å²) >= 11 is 1.53. The van der Waals surface area contributed by atoms with Gasteiger partial charge in [0.1, 0.15) is 11.9 Å². The predicted molar refractivity (Wildman–Crippen MR) is 91.9 cm³/mol. The molecular formula is C17H16N4OS. The van der Waals surface area contributed by atoms with Gasteiger partial charge in [-0.2, -0.15) is 0 Å². The Morgan fingerprint density at radius 1 is 1.22 bits per heavy atom. The third kappa shape index (κ3) is 1.98. The molecule has 1 aromatic carbocycles. The Morgan fingerprint density at radius 2 is 1.96 bits per heavy atom. The van der Waals surface area contributed by atoms with Gasteiger partial charge in [-0.05, 0) is 25.7 Å². The molecule has 3 aliphatic heterocycles. The number of hydrogen-bond donors (Lipinski definition) is 1. The van der Waals surface area contributed by atoms with Crippen molar-refractivity contribution in [1.82, 2.24) is 14.5 Å². The molecule has 1 atom stereocenters. The molecule has 4 rings (SSSR count). The summed E-state index contributed by atoms with van der Waals surface area (Å²) in [7, 11) is 0. The highest BCUT2D eigenvalue weighted by atomic mass is 32.2. The first kappa shape index (κ1) is 14.3. The highest BCUT2D eigenvalue weighted by Gasteiger charge is 2.34. The van der Waals surface area contributed by atoms with Crippen LogP contribution in [0.1, 0.15) is 18.5 Å². The minimum absolute atomic E-state index is 0.00328. The van der Waals surface area contributed by atoms with E-state index in [4.69, 9.17) is 4.98 Å². The summed E-state index contributed by atoms with van der Waals surface area (Å²) in [5.41, 5.74) is 3.96. The van der Waals surface area contributed by atoms with Crippen LogP contribution >= 0.6 is 11.8 Å². The highest BCUT2D eigenvalue weighted by molar-refractivity contribution is 7.98. The number of aromatic nitrogens is 3.